The average molecular weight is 657 g/mol. The van der Waals surface area contributed by atoms with Crippen molar-refractivity contribution >= 4 is 17.8 Å². The zero-order valence-electron chi connectivity index (χ0n) is 27.4. The van der Waals surface area contributed by atoms with Crippen molar-refractivity contribution in [3.63, 3.8) is 0 Å². The molecule has 4 amide bonds. The van der Waals surface area contributed by atoms with Crippen molar-refractivity contribution in [3.8, 4) is 0 Å². The predicted molar refractivity (Wildman–Crippen MR) is 164 cm³/mol. The molecule has 0 spiro atoms. The van der Waals surface area contributed by atoms with Crippen LogP contribution in [0.4, 0.5) is 4.79 Å². The minimum atomic E-state index is -0.270. The Morgan fingerprint density at radius 1 is 0.804 bits per heavy atom. The van der Waals surface area contributed by atoms with Gasteiger partial charge in [0.15, 0.2) is 0 Å². The molecule has 2 atom stereocenters. The maximum atomic E-state index is 12.0. The highest BCUT2D eigenvalue weighted by atomic mass is 16.6. The number of nitrogens with zero attached hydrogens (tertiary/aromatic N) is 5. The standard InChI is InChI=1S/C30H52N6O10/c1-25-3-5-34(22-25)30(39)31-4-7-40-9-11-42-13-15-44-17-19-46-20-18-45-16-14-43-12-10-41-8-6-35-23-27(32-33-35)24-36-28(37)21-26(2)29(36)38/h23,25-26H,3-22,24H2,1-2H3,(H,31,39)/t25-,26?/m0/s1. The third-order valence-corrected chi connectivity index (χ3v) is 7.31. The van der Waals surface area contributed by atoms with Crippen molar-refractivity contribution in [3.05, 3.63) is 11.9 Å². The second-order valence-corrected chi connectivity index (χ2v) is 11.3. The van der Waals surface area contributed by atoms with Crippen molar-refractivity contribution < 1.29 is 47.5 Å². The summed E-state index contributed by atoms with van der Waals surface area (Å²) in [5.41, 5.74) is 0.570. The summed E-state index contributed by atoms with van der Waals surface area (Å²) >= 11 is 0. The van der Waals surface area contributed by atoms with E-state index < -0.39 is 0 Å². The van der Waals surface area contributed by atoms with Crippen LogP contribution in [-0.4, -0.2) is 155 Å². The van der Waals surface area contributed by atoms with E-state index in [1.165, 1.54) is 4.90 Å². The van der Waals surface area contributed by atoms with Gasteiger partial charge in [-0.15, -0.1) is 5.10 Å². The van der Waals surface area contributed by atoms with Gasteiger partial charge in [0.05, 0.1) is 112 Å². The number of ether oxygens (including phenoxy) is 7. The third-order valence-electron chi connectivity index (χ3n) is 7.31. The Balaban J connectivity index is 0.974. The monoisotopic (exact) mass is 656 g/mol. The van der Waals surface area contributed by atoms with E-state index >= 15 is 0 Å². The quantitative estimate of drug-likeness (QED) is 0.108. The van der Waals surface area contributed by atoms with Gasteiger partial charge in [0.25, 0.3) is 0 Å². The summed E-state index contributed by atoms with van der Waals surface area (Å²) in [6.45, 7) is 13.3. The lowest BCUT2D eigenvalue weighted by atomic mass is 10.1. The molecule has 2 saturated heterocycles. The summed E-state index contributed by atoms with van der Waals surface area (Å²) < 4.78 is 40.1. The lowest BCUT2D eigenvalue weighted by Gasteiger charge is -2.16. The van der Waals surface area contributed by atoms with Gasteiger partial charge >= 0.3 is 6.03 Å². The number of amides is 4. The highest BCUT2D eigenvalue weighted by molar-refractivity contribution is 6.03. The van der Waals surface area contributed by atoms with Gasteiger partial charge in [-0.1, -0.05) is 19.1 Å². The van der Waals surface area contributed by atoms with Crippen LogP contribution in [0.3, 0.4) is 0 Å². The van der Waals surface area contributed by atoms with Crippen LogP contribution in [0.25, 0.3) is 0 Å². The molecule has 0 aromatic carbocycles. The van der Waals surface area contributed by atoms with Gasteiger partial charge in [-0.05, 0) is 12.3 Å². The summed E-state index contributed by atoms with van der Waals surface area (Å²) in [4.78, 5) is 39.0. The highest BCUT2D eigenvalue weighted by Gasteiger charge is 2.35. The Morgan fingerprint density at radius 3 is 1.80 bits per heavy atom. The molecule has 1 unspecified atom stereocenters. The van der Waals surface area contributed by atoms with Crippen LogP contribution in [0.15, 0.2) is 6.20 Å². The molecule has 3 rings (SSSR count). The van der Waals surface area contributed by atoms with E-state index in [1.54, 1.807) is 17.8 Å². The Labute approximate surface area is 271 Å². The molecule has 2 fully saturated rings. The SMILES string of the molecule is CC1CC(=O)N(Cc2cn(CCOCCOCCOCCOCCOCCOCCOCCNC(=O)N3CC[C@H](C)C3)nn2)C1=O. The number of hydrogen-bond acceptors (Lipinski definition) is 12. The molecule has 1 aromatic rings. The summed E-state index contributed by atoms with van der Waals surface area (Å²) in [7, 11) is 0. The van der Waals surface area contributed by atoms with Crippen LogP contribution < -0.4 is 5.32 Å². The number of imide groups is 1. The lowest BCUT2D eigenvalue weighted by molar-refractivity contribution is -0.140. The topological polar surface area (TPSA) is 165 Å². The van der Waals surface area contributed by atoms with E-state index in [9.17, 15) is 14.4 Å². The van der Waals surface area contributed by atoms with E-state index in [-0.39, 0.29) is 36.7 Å². The summed E-state index contributed by atoms with van der Waals surface area (Å²) in [6, 6.07) is -0.0127. The van der Waals surface area contributed by atoms with Crippen LogP contribution in [0.5, 0.6) is 0 Å². The van der Waals surface area contributed by atoms with Crippen LogP contribution in [0, 0.1) is 11.8 Å². The van der Waals surface area contributed by atoms with Gasteiger partial charge in [-0.3, -0.25) is 14.5 Å². The van der Waals surface area contributed by atoms with Crippen LogP contribution in [0.1, 0.15) is 32.4 Å². The first-order valence-corrected chi connectivity index (χ1v) is 16.2. The molecule has 1 aromatic heterocycles. The summed E-state index contributed by atoms with van der Waals surface area (Å²) in [5, 5.41) is 10.9. The van der Waals surface area contributed by atoms with Gasteiger partial charge in [-0.25, -0.2) is 9.48 Å². The number of hydrogen-bond donors (Lipinski definition) is 1. The second kappa shape index (κ2) is 22.7. The van der Waals surface area contributed by atoms with E-state index in [0.29, 0.717) is 117 Å². The minimum Gasteiger partial charge on any atom is -0.377 e. The number of nitrogens with one attached hydrogen (secondary N) is 1. The molecule has 0 radical (unpaired) electrons. The molecule has 46 heavy (non-hydrogen) atoms. The van der Waals surface area contributed by atoms with Gasteiger partial charge in [0, 0.05) is 32.0 Å². The van der Waals surface area contributed by atoms with Gasteiger partial charge in [0.1, 0.15) is 5.69 Å². The molecule has 262 valence electrons. The Kier molecular flexibility index (Phi) is 18.6. The average Bonchev–Trinajstić information content (AvgIpc) is 3.75. The fraction of sp³-hybridized carbons (Fsp3) is 0.833. The van der Waals surface area contributed by atoms with Crippen molar-refractivity contribution in [1.82, 2.24) is 30.1 Å². The molecule has 3 heterocycles. The molecular weight excluding hydrogens is 604 g/mol. The Hall–Kier alpha value is -2.73. The number of carbonyl (C=O) groups is 3. The number of rotatable bonds is 26. The fourth-order valence-electron chi connectivity index (χ4n) is 4.74. The molecule has 0 saturated carbocycles. The highest BCUT2D eigenvalue weighted by Crippen LogP contribution is 2.20. The molecule has 2 aliphatic rings. The number of likely N-dealkylation sites (tertiary alicyclic amines) is 2. The molecule has 0 bridgehead atoms. The van der Waals surface area contributed by atoms with Gasteiger partial charge in [-0.2, -0.15) is 0 Å². The third kappa shape index (κ3) is 15.2. The first-order chi connectivity index (χ1) is 22.4. The molecule has 16 heteroatoms. The minimum absolute atomic E-state index is 0.0127. The van der Waals surface area contributed by atoms with E-state index in [2.05, 4.69) is 22.6 Å². The Bertz CT molecular complexity index is 1010. The van der Waals surface area contributed by atoms with Gasteiger partial charge < -0.3 is 43.4 Å². The normalized spacial score (nSPS) is 18.3. The van der Waals surface area contributed by atoms with E-state index in [1.807, 2.05) is 4.90 Å². The molecular formula is C30H52N6O10. The van der Waals surface area contributed by atoms with E-state index in [4.69, 9.17) is 33.2 Å². The van der Waals surface area contributed by atoms with Crippen LogP contribution in [0.2, 0.25) is 0 Å². The molecule has 16 nitrogen and oxygen atoms in total. The first kappa shape index (κ1) is 37.7. The summed E-state index contributed by atoms with van der Waals surface area (Å²) in [6.07, 6.45) is 3.04. The zero-order valence-corrected chi connectivity index (χ0v) is 27.4. The predicted octanol–water partition coefficient (Wildman–Crippen LogP) is 0.341. The molecule has 1 N–H and O–H groups in total. The lowest BCUT2D eigenvalue weighted by Crippen LogP contribution is -2.39. The van der Waals surface area contributed by atoms with Crippen molar-refractivity contribution in [2.75, 3.05) is 112 Å². The molecule has 0 aliphatic carbocycles. The smallest absolute Gasteiger partial charge is 0.317 e. The first-order valence-electron chi connectivity index (χ1n) is 16.2. The molecule has 2 aliphatic heterocycles. The van der Waals surface area contributed by atoms with Crippen molar-refractivity contribution in [1.29, 1.82) is 0 Å². The van der Waals surface area contributed by atoms with Crippen LogP contribution in [-0.2, 0) is 55.8 Å². The van der Waals surface area contributed by atoms with Gasteiger partial charge in [0.2, 0.25) is 11.8 Å². The maximum absolute atomic E-state index is 12.0. The number of urea groups is 1. The van der Waals surface area contributed by atoms with Crippen LogP contribution >= 0.6 is 0 Å². The summed E-state index contributed by atoms with van der Waals surface area (Å²) in [5.74, 6) is -0.0244. The van der Waals surface area contributed by atoms with E-state index in [0.717, 1.165) is 19.5 Å². The zero-order chi connectivity index (χ0) is 32.8. The van der Waals surface area contributed by atoms with Crippen molar-refractivity contribution in [2.45, 2.75) is 39.8 Å². The maximum Gasteiger partial charge on any atom is 0.317 e. The number of carbonyl (C=O) groups excluding carboxylic acids is 3. The largest absolute Gasteiger partial charge is 0.377 e. The van der Waals surface area contributed by atoms with Crippen molar-refractivity contribution in [2.24, 2.45) is 11.8 Å². The second-order valence-electron chi connectivity index (χ2n) is 11.3. The number of aromatic nitrogens is 3. The fourth-order valence-corrected chi connectivity index (χ4v) is 4.74. The Morgan fingerprint density at radius 2 is 1.33 bits per heavy atom.